The maximum Gasteiger partial charge on any atom is 0.222 e. The van der Waals surface area contributed by atoms with Gasteiger partial charge in [0.25, 0.3) is 0 Å². The van der Waals surface area contributed by atoms with Crippen LogP contribution in [0.25, 0.3) is 0 Å². The Morgan fingerprint density at radius 3 is 2.19 bits per heavy atom. The molecule has 1 saturated heterocycles. The van der Waals surface area contributed by atoms with Crippen molar-refractivity contribution in [1.82, 2.24) is 4.90 Å². The normalized spacial score (nSPS) is 14.4. The molecule has 1 heterocycles. The first-order valence-electron chi connectivity index (χ1n) is 11.0. The van der Waals surface area contributed by atoms with Crippen LogP contribution in [0.2, 0.25) is 0 Å². The molecule has 1 aromatic rings. The van der Waals surface area contributed by atoms with Gasteiger partial charge in [-0.25, -0.2) is 0 Å². The molecule has 152 valence electrons. The molecule has 0 saturated carbocycles. The molecule has 4 nitrogen and oxygen atoms in total. The predicted octanol–water partition coefficient (Wildman–Crippen LogP) is 5.26. The molecular formula is C23H38N2O2. The van der Waals surface area contributed by atoms with Crippen molar-refractivity contribution >= 4 is 11.6 Å². The van der Waals surface area contributed by atoms with Gasteiger partial charge in [-0.1, -0.05) is 64.0 Å². The Balaban J connectivity index is 1.64. The number of benzene rings is 1. The zero-order chi connectivity index (χ0) is 19.3. The summed E-state index contributed by atoms with van der Waals surface area (Å²) < 4.78 is 5.75. The van der Waals surface area contributed by atoms with Gasteiger partial charge < -0.3 is 14.5 Å². The van der Waals surface area contributed by atoms with E-state index in [2.05, 4.69) is 24.0 Å². The predicted molar refractivity (Wildman–Crippen MR) is 114 cm³/mol. The van der Waals surface area contributed by atoms with Gasteiger partial charge in [0.1, 0.15) is 5.75 Å². The van der Waals surface area contributed by atoms with Crippen LogP contribution in [-0.4, -0.2) is 43.6 Å². The fourth-order valence-electron chi connectivity index (χ4n) is 3.76. The number of rotatable bonds is 12. The molecule has 0 radical (unpaired) electrons. The highest BCUT2D eigenvalue weighted by Crippen LogP contribution is 2.28. The Labute approximate surface area is 165 Å². The summed E-state index contributed by atoms with van der Waals surface area (Å²) in [6.45, 7) is 8.34. The molecule has 1 fully saturated rings. The molecule has 1 amide bonds. The fourth-order valence-corrected chi connectivity index (χ4v) is 3.76. The Morgan fingerprint density at radius 2 is 1.52 bits per heavy atom. The zero-order valence-electron chi connectivity index (χ0n) is 17.4. The van der Waals surface area contributed by atoms with E-state index < -0.39 is 0 Å². The van der Waals surface area contributed by atoms with Crippen LogP contribution in [-0.2, 0) is 4.79 Å². The van der Waals surface area contributed by atoms with Gasteiger partial charge in [-0.05, 0) is 25.5 Å². The Bertz CT molecular complexity index is 539. The molecule has 27 heavy (non-hydrogen) atoms. The first kappa shape index (κ1) is 21.6. The second kappa shape index (κ2) is 12.6. The van der Waals surface area contributed by atoms with Gasteiger partial charge in [0.15, 0.2) is 0 Å². The van der Waals surface area contributed by atoms with E-state index in [9.17, 15) is 4.79 Å². The topological polar surface area (TPSA) is 32.8 Å². The van der Waals surface area contributed by atoms with E-state index in [0.717, 1.165) is 44.0 Å². The monoisotopic (exact) mass is 374 g/mol. The lowest BCUT2D eigenvalue weighted by molar-refractivity contribution is -0.131. The number of ether oxygens (including phenoxy) is 1. The van der Waals surface area contributed by atoms with E-state index in [-0.39, 0.29) is 0 Å². The Hall–Kier alpha value is -1.71. The van der Waals surface area contributed by atoms with Crippen molar-refractivity contribution in [2.45, 2.75) is 71.6 Å². The van der Waals surface area contributed by atoms with Crippen molar-refractivity contribution < 1.29 is 9.53 Å². The van der Waals surface area contributed by atoms with Gasteiger partial charge in [-0.2, -0.15) is 0 Å². The summed E-state index contributed by atoms with van der Waals surface area (Å²) in [4.78, 5) is 16.8. The van der Waals surface area contributed by atoms with Crippen molar-refractivity contribution in [2.24, 2.45) is 0 Å². The average Bonchev–Trinajstić information content (AvgIpc) is 2.71. The molecule has 0 spiro atoms. The number of hydrogen-bond acceptors (Lipinski definition) is 3. The minimum atomic E-state index is 0.332. The molecule has 1 aromatic carbocycles. The molecular weight excluding hydrogens is 336 g/mol. The average molecular weight is 375 g/mol. The van der Waals surface area contributed by atoms with Crippen LogP contribution >= 0.6 is 0 Å². The largest absolute Gasteiger partial charge is 0.492 e. The molecule has 0 aliphatic carbocycles. The van der Waals surface area contributed by atoms with Crippen LogP contribution in [0.5, 0.6) is 5.75 Å². The number of hydrogen-bond donors (Lipinski definition) is 0. The summed E-state index contributed by atoms with van der Waals surface area (Å²) in [5, 5.41) is 0. The summed E-state index contributed by atoms with van der Waals surface area (Å²) >= 11 is 0. The minimum Gasteiger partial charge on any atom is -0.492 e. The summed E-state index contributed by atoms with van der Waals surface area (Å²) in [6.07, 6.45) is 10.9. The van der Waals surface area contributed by atoms with Crippen LogP contribution in [0.4, 0.5) is 5.69 Å². The molecule has 4 heteroatoms. The maximum atomic E-state index is 12.5. The quantitative estimate of drug-likeness (QED) is 0.468. The summed E-state index contributed by atoms with van der Waals surface area (Å²) in [5.41, 5.74) is 1.15. The van der Waals surface area contributed by atoms with Gasteiger partial charge in [-0.3, -0.25) is 4.79 Å². The molecule has 0 bridgehead atoms. The van der Waals surface area contributed by atoms with Gasteiger partial charge >= 0.3 is 0 Å². The van der Waals surface area contributed by atoms with E-state index in [4.69, 9.17) is 4.74 Å². The number of anilines is 1. The number of carbonyl (C=O) groups is 1. The SMILES string of the molecule is CCCCCCCCCCC(=O)N1CCN(c2ccccc2OCC)CC1. The van der Waals surface area contributed by atoms with E-state index in [0.29, 0.717) is 18.9 Å². The van der Waals surface area contributed by atoms with Crippen LogP contribution in [0, 0.1) is 0 Å². The Kier molecular flexibility index (Phi) is 10.1. The van der Waals surface area contributed by atoms with Gasteiger partial charge in [0.05, 0.1) is 12.3 Å². The van der Waals surface area contributed by atoms with Crippen molar-refractivity contribution in [1.29, 1.82) is 0 Å². The number of piperazine rings is 1. The standard InChI is InChI=1S/C23H38N2O2/c1-3-5-6-7-8-9-10-11-16-23(26)25-19-17-24(18-20-25)21-14-12-13-15-22(21)27-4-2/h12-15H,3-11,16-20H2,1-2H3. The van der Waals surface area contributed by atoms with Gasteiger partial charge in [0.2, 0.25) is 5.91 Å². The molecule has 2 rings (SSSR count). The summed E-state index contributed by atoms with van der Waals surface area (Å²) in [7, 11) is 0. The highest BCUT2D eigenvalue weighted by atomic mass is 16.5. The molecule has 1 aliphatic heterocycles. The molecule has 1 aliphatic rings. The lowest BCUT2D eigenvalue weighted by Gasteiger charge is -2.36. The smallest absolute Gasteiger partial charge is 0.222 e. The van der Waals surface area contributed by atoms with E-state index in [1.165, 1.54) is 44.9 Å². The highest BCUT2D eigenvalue weighted by molar-refractivity contribution is 5.76. The van der Waals surface area contributed by atoms with Crippen molar-refractivity contribution in [3.8, 4) is 5.75 Å². The fraction of sp³-hybridized carbons (Fsp3) is 0.696. The lowest BCUT2D eigenvalue weighted by atomic mass is 10.1. The number of nitrogens with zero attached hydrogens (tertiary/aromatic N) is 2. The lowest BCUT2D eigenvalue weighted by Crippen LogP contribution is -2.48. The van der Waals surface area contributed by atoms with Crippen LogP contribution in [0.3, 0.4) is 0 Å². The second-order valence-electron chi connectivity index (χ2n) is 7.49. The van der Waals surface area contributed by atoms with Gasteiger partial charge in [0, 0.05) is 32.6 Å². The second-order valence-corrected chi connectivity index (χ2v) is 7.49. The number of amides is 1. The first-order valence-corrected chi connectivity index (χ1v) is 11.0. The van der Waals surface area contributed by atoms with E-state index in [1.54, 1.807) is 0 Å². The van der Waals surface area contributed by atoms with Crippen molar-refractivity contribution in [3.05, 3.63) is 24.3 Å². The number of unbranched alkanes of at least 4 members (excludes halogenated alkanes) is 7. The Morgan fingerprint density at radius 1 is 0.889 bits per heavy atom. The maximum absolute atomic E-state index is 12.5. The molecule has 0 aromatic heterocycles. The molecule has 0 unspecified atom stereocenters. The van der Waals surface area contributed by atoms with Crippen molar-refractivity contribution in [3.63, 3.8) is 0 Å². The van der Waals surface area contributed by atoms with E-state index in [1.807, 2.05) is 24.0 Å². The van der Waals surface area contributed by atoms with Crippen molar-refractivity contribution in [2.75, 3.05) is 37.7 Å². The van der Waals surface area contributed by atoms with Crippen LogP contribution < -0.4 is 9.64 Å². The number of para-hydroxylation sites is 2. The minimum absolute atomic E-state index is 0.332. The summed E-state index contributed by atoms with van der Waals surface area (Å²) in [5.74, 6) is 1.28. The number of carbonyl (C=O) groups excluding carboxylic acids is 1. The zero-order valence-corrected chi connectivity index (χ0v) is 17.4. The third-order valence-corrected chi connectivity index (χ3v) is 5.38. The van der Waals surface area contributed by atoms with E-state index >= 15 is 0 Å². The first-order chi connectivity index (χ1) is 13.3. The third kappa shape index (κ3) is 7.43. The summed E-state index contributed by atoms with van der Waals surface area (Å²) in [6, 6.07) is 8.21. The van der Waals surface area contributed by atoms with Crippen LogP contribution in [0.15, 0.2) is 24.3 Å². The van der Waals surface area contributed by atoms with Crippen LogP contribution in [0.1, 0.15) is 71.6 Å². The third-order valence-electron chi connectivity index (χ3n) is 5.38. The van der Waals surface area contributed by atoms with Gasteiger partial charge in [-0.15, -0.1) is 0 Å². The molecule has 0 atom stereocenters. The molecule has 0 N–H and O–H groups in total. The highest BCUT2D eigenvalue weighted by Gasteiger charge is 2.22.